The molecular weight excluding hydrogens is 600 g/mol. The molecule has 3 atom stereocenters. The first kappa shape index (κ1) is 37.7. The van der Waals surface area contributed by atoms with E-state index in [0.29, 0.717) is 37.8 Å². The number of alkyl carbamates (subject to hydrolysis) is 1. The van der Waals surface area contributed by atoms with Crippen molar-refractivity contribution < 1.29 is 28.6 Å². The Morgan fingerprint density at radius 2 is 1.91 bits per heavy atom. The molecule has 2 N–H and O–H groups in total. The Bertz CT molecular complexity index is 1060. The van der Waals surface area contributed by atoms with E-state index in [2.05, 4.69) is 55.8 Å². The van der Waals surface area contributed by atoms with E-state index in [4.69, 9.17) is 21.1 Å². The number of likely N-dealkylation sites (tertiary alicyclic amines) is 1. The molecule has 0 bridgehead atoms. The zero-order chi connectivity index (χ0) is 32.9. The molecule has 10 nitrogen and oxygen atoms in total. The first-order chi connectivity index (χ1) is 20.6. The highest BCUT2D eigenvalue weighted by molar-refractivity contribution is 6.76. The number of rotatable bonds is 14. The molecule has 1 aliphatic rings. The number of hydrogen-bond acceptors (Lipinski definition) is 6. The molecule has 12 heteroatoms. The third kappa shape index (κ3) is 14.5. The summed E-state index contributed by atoms with van der Waals surface area (Å²) < 4.78 is 16.5. The van der Waals surface area contributed by atoms with E-state index in [1.165, 1.54) is 7.11 Å². The number of benzene rings is 1. The van der Waals surface area contributed by atoms with Gasteiger partial charge in [-0.2, -0.15) is 0 Å². The summed E-state index contributed by atoms with van der Waals surface area (Å²) >= 11 is 6.32. The molecule has 1 aromatic rings. The van der Waals surface area contributed by atoms with Crippen LogP contribution in [0.2, 0.25) is 30.7 Å². The van der Waals surface area contributed by atoms with Crippen LogP contribution < -0.4 is 10.6 Å². The Morgan fingerprint density at radius 3 is 2.55 bits per heavy atom. The van der Waals surface area contributed by atoms with Gasteiger partial charge >= 0.3 is 18.2 Å². The van der Waals surface area contributed by atoms with Crippen molar-refractivity contribution in [1.29, 1.82) is 0 Å². The van der Waals surface area contributed by atoms with E-state index in [0.717, 1.165) is 37.3 Å². The Labute approximate surface area is 270 Å². The number of halogens is 1. The highest BCUT2D eigenvalue weighted by Gasteiger charge is 2.32. The summed E-state index contributed by atoms with van der Waals surface area (Å²) in [4.78, 5) is 41.3. The van der Waals surface area contributed by atoms with Crippen molar-refractivity contribution in [2.24, 2.45) is 11.3 Å². The minimum Gasteiger partial charge on any atom is -0.453 e. The number of carbonyl (C=O) groups excluding carboxylic acids is 3. The monoisotopic (exact) mass is 654 g/mol. The van der Waals surface area contributed by atoms with Gasteiger partial charge in [0.25, 0.3) is 0 Å². The molecule has 250 valence electrons. The minimum absolute atomic E-state index is 0.0307. The summed E-state index contributed by atoms with van der Waals surface area (Å²) in [5, 5.41) is 6.48. The maximum Gasteiger partial charge on any atom is 0.409 e. The number of nitrogens with one attached hydrogen (secondary N) is 2. The number of piperidine rings is 1. The first-order valence-electron chi connectivity index (χ1n) is 15.7. The van der Waals surface area contributed by atoms with Crippen LogP contribution in [-0.2, 0) is 14.2 Å². The summed E-state index contributed by atoms with van der Waals surface area (Å²) in [5.41, 5.74) is 1.01. The zero-order valence-corrected chi connectivity index (χ0v) is 29.8. The normalized spacial score (nSPS) is 16.9. The highest BCUT2D eigenvalue weighted by atomic mass is 35.5. The van der Waals surface area contributed by atoms with Gasteiger partial charge in [-0.25, -0.2) is 14.4 Å². The van der Waals surface area contributed by atoms with Gasteiger partial charge < -0.3 is 34.6 Å². The molecule has 1 saturated heterocycles. The molecule has 1 fully saturated rings. The fourth-order valence-corrected chi connectivity index (χ4v) is 6.00. The number of methoxy groups -OCH3 is 1. The second-order valence-electron chi connectivity index (χ2n) is 14.2. The largest absolute Gasteiger partial charge is 0.453 e. The van der Waals surface area contributed by atoms with Gasteiger partial charge in [-0.15, -0.1) is 0 Å². The lowest BCUT2D eigenvalue weighted by Gasteiger charge is -2.38. The average Bonchev–Trinajstić information content (AvgIpc) is 2.94. The van der Waals surface area contributed by atoms with Gasteiger partial charge in [-0.1, -0.05) is 64.1 Å². The number of urea groups is 1. The van der Waals surface area contributed by atoms with Crippen molar-refractivity contribution in [1.82, 2.24) is 20.4 Å². The van der Waals surface area contributed by atoms with Crippen LogP contribution in [0.25, 0.3) is 0 Å². The maximum atomic E-state index is 13.7. The fraction of sp³-hybridized carbons (Fsp3) is 0.719. The topological polar surface area (TPSA) is 109 Å². The molecule has 0 spiro atoms. The van der Waals surface area contributed by atoms with E-state index < -0.39 is 14.2 Å². The van der Waals surface area contributed by atoms with E-state index in [1.807, 2.05) is 29.2 Å². The Kier molecular flexibility index (Phi) is 15.3. The van der Waals surface area contributed by atoms with Crippen molar-refractivity contribution in [2.45, 2.75) is 84.3 Å². The molecule has 4 amide bonds. The van der Waals surface area contributed by atoms with Crippen LogP contribution in [0, 0.1) is 11.3 Å². The van der Waals surface area contributed by atoms with Crippen LogP contribution in [0.15, 0.2) is 24.3 Å². The maximum absolute atomic E-state index is 13.7. The summed E-state index contributed by atoms with van der Waals surface area (Å²) in [5.74, 6) is 0.0307. The molecule has 1 heterocycles. The third-order valence-electron chi connectivity index (χ3n) is 7.66. The fourth-order valence-electron chi connectivity index (χ4n) is 5.08. The lowest BCUT2D eigenvalue weighted by molar-refractivity contribution is -0.00869. The standard InChI is InChI=1S/C32H55ClN4O6Si/c1-32(2,3)15-14-27(23-36(4)31(40)43-19-20-44(6,7)8)35-29(38)37-17-10-12-25(22-37)28(24-11-9-13-26(33)21-24)42-18-16-34-30(39)41-5/h9,11,13,21,25,27-28H,10,12,14-20,22-23H2,1-8H3,(H,34,39)(H,35,38)/t25-,27?,28?/m1/s1. The predicted octanol–water partition coefficient (Wildman–Crippen LogP) is 6.78. The molecule has 0 radical (unpaired) electrons. The van der Waals surface area contributed by atoms with Crippen LogP contribution in [0.4, 0.5) is 14.4 Å². The van der Waals surface area contributed by atoms with Gasteiger partial charge in [0.2, 0.25) is 0 Å². The number of ether oxygens (including phenoxy) is 3. The number of amides is 4. The molecular formula is C32H55ClN4O6Si. The Hall–Kier alpha value is -2.50. The smallest absolute Gasteiger partial charge is 0.409 e. The SMILES string of the molecule is COC(=O)NCCOC(c1cccc(Cl)c1)[C@@H]1CCCN(C(=O)NC(CCC(C)(C)C)CN(C)C(=O)OCC[Si](C)(C)C)C1. The van der Waals surface area contributed by atoms with Crippen molar-refractivity contribution in [3.63, 3.8) is 0 Å². The summed E-state index contributed by atoms with van der Waals surface area (Å²) in [6, 6.07) is 8.12. The molecule has 2 rings (SSSR count). The van der Waals surface area contributed by atoms with Gasteiger partial charge in [0.05, 0.1) is 26.4 Å². The van der Waals surface area contributed by atoms with E-state index in [9.17, 15) is 14.4 Å². The lowest BCUT2D eigenvalue weighted by Crippen LogP contribution is -2.52. The molecule has 1 aliphatic heterocycles. The molecule has 1 aromatic carbocycles. The zero-order valence-electron chi connectivity index (χ0n) is 28.0. The Morgan fingerprint density at radius 1 is 1.18 bits per heavy atom. The van der Waals surface area contributed by atoms with Crippen LogP contribution in [0.5, 0.6) is 0 Å². The Balaban J connectivity index is 2.09. The van der Waals surface area contributed by atoms with Crippen LogP contribution >= 0.6 is 11.6 Å². The summed E-state index contributed by atoms with van der Waals surface area (Å²) in [7, 11) is 1.73. The van der Waals surface area contributed by atoms with Crippen molar-refractivity contribution >= 4 is 37.9 Å². The van der Waals surface area contributed by atoms with Crippen LogP contribution in [-0.4, -0.2) is 95.7 Å². The molecule has 2 unspecified atom stereocenters. The number of carbonyl (C=O) groups is 3. The number of nitrogens with zero attached hydrogens (tertiary/aromatic N) is 2. The quantitative estimate of drug-likeness (QED) is 0.169. The van der Waals surface area contributed by atoms with Gasteiger partial charge in [0.1, 0.15) is 0 Å². The van der Waals surface area contributed by atoms with E-state index >= 15 is 0 Å². The van der Waals surface area contributed by atoms with Gasteiger partial charge in [-0.05, 0) is 54.8 Å². The van der Waals surface area contributed by atoms with Gasteiger partial charge in [0, 0.05) is 58.3 Å². The first-order valence-corrected chi connectivity index (χ1v) is 19.8. The second-order valence-corrected chi connectivity index (χ2v) is 20.2. The van der Waals surface area contributed by atoms with Crippen LogP contribution in [0.1, 0.15) is 58.1 Å². The molecule has 0 aliphatic carbocycles. The highest BCUT2D eigenvalue weighted by Crippen LogP contribution is 2.34. The second kappa shape index (κ2) is 17.8. The van der Waals surface area contributed by atoms with Gasteiger partial charge in [0.15, 0.2) is 0 Å². The molecule has 0 aromatic heterocycles. The number of hydrogen-bond donors (Lipinski definition) is 2. The van der Waals surface area contributed by atoms with Crippen molar-refractivity contribution in [3.8, 4) is 0 Å². The lowest BCUT2D eigenvalue weighted by atomic mass is 9.88. The summed E-state index contributed by atoms with van der Waals surface area (Å²) in [6.07, 6.45) is 2.15. The van der Waals surface area contributed by atoms with Gasteiger partial charge in [-0.3, -0.25) is 0 Å². The number of likely N-dealkylation sites (N-methyl/N-ethyl adjacent to an activating group) is 1. The van der Waals surface area contributed by atoms with E-state index in [1.54, 1.807) is 11.9 Å². The minimum atomic E-state index is -1.32. The predicted molar refractivity (Wildman–Crippen MR) is 178 cm³/mol. The van der Waals surface area contributed by atoms with Crippen molar-refractivity contribution in [2.75, 3.05) is 53.6 Å². The third-order valence-corrected chi connectivity index (χ3v) is 9.60. The molecule has 0 saturated carbocycles. The van der Waals surface area contributed by atoms with Crippen molar-refractivity contribution in [3.05, 3.63) is 34.9 Å². The molecule has 44 heavy (non-hydrogen) atoms. The summed E-state index contributed by atoms with van der Waals surface area (Å²) in [6.45, 7) is 15.8. The van der Waals surface area contributed by atoms with E-state index in [-0.39, 0.29) is 42.2 Å². The van der Waals surface area contributed by atoms with Crippen LogP contribution in [0.3, 0.4) is 0 Å². The average molecular weight is 655 g/mol.